The van der Waals surface area contributed by atoms with Gasteiger partial charge in [-0.3, -0.25) is 14.6 Å². The molecular weight excluding hydrogens is 374 g/mol. The number of aromatic nitrogens is 1. The lowest BCUT2D eigenvalue weighted by Gasteiger charge is -2.43. The number of anilines is 1. The van der Waals surface area contributed by atoms with Crippen molar-refractivity contribution in [3.63, 3.8) is 0 Å². The average Bonchev–Trinajstić information content (AvgIpc) is 2.73. The maximum atomic E-state index is 12.8. The number of carbonyl (C=O) groups excluding carboxylic acids is 1. The Morgan fingerprint density at radius 2 is 1.90 bits per heavy atom. The SMILES string of the molecule is CCC(CC)CNc1ccc2c(n1)CCN(CC(=O)N1CCN(C3CCC3)CC1)C2. The molecule has 1 saturated carbocycles. The van der Waals surface area contributed by atoms with E-state index in [1.54, 1.807) is 0 Å². The van der Waals surface area contributed by atoms with Crippen LogP contribution < -0.4 is 5.32 Å². The highest BCUT2D eigenvalue weighted by Gasteiger charge is 2.30. The van der Waals surface area contributed by atoms with Gasteiger partial charge in [-0.05, 0) is 30.4 Å². The van der Waals surface area contributed by atoms with Crippen LogP contribution in [0.2, 0.25) is 0 Å². The highest BCUT2D eigenvalue weighted by Crippen LogP contribution is 2.26. The molecule has 1 saturated heterocycles. The van der Waals surface area contributed by atoms with Crippen LogP contribution in [-0.2, 0) is 17.8 Å². The number of nitrogens with one attached hydrogen (secondary N) is 1. The predicted octanol–water partition coefficient (Wildman–Crippen LogP) is 2.98. The molecule has 1 N–H and O–H groups in total. The summed E-state index contributed by atoms with van der Waals surface area (Å²) in [4.78, 5) is 24.7. The summed E-state index contributed by atoms with van der Waals surface area (Å²) in [5, 5.41) is 3.51. The van der Waals surface area contributed by atoms with Crippen molar-refractivity contribution in [2.45, 2.75) is 65.0 Å². The fraction of sp³-hybridized carbons (Fsp3) is 0.750. The first kappa shape index (κ1) is 21.6. The summed E-state index contributed by atoms with van der Waals surface area (Å²) in [6.45, 7) is 11.7. The van der Waals surface area contributed by atoms with E-state index >= 15 is 0 Å². The number of rotatable bonds is 8. The Balaban J connectivity index is 1.24. The fourth-order valence-electron chi connectivity index (χ4n) is 4.91. The standard InChI is InChI=1S/C24H39N5O/c1-3-19(4-2)16-25-23-9-8-20-17-27(11-10-22(20)26-23)18-24(30)29-14-12-28(13-15-29)21-6-5-7-21/h8-9,19,21H,3-7,10-18H2,1-2H3,(H,25,26). The lowest BCUT2D eigenvalue weighted by atomic mass is 9.91. The molecule has 3 heterocycles. The minimum absolute atomic E-state index is 0.295. The van der Waals surface area contributed by atoms with Crippen LogP contribution in [0.4, 0.5) is 5.82 Å². The Morgan fingerprint density at radius 1 is 1.13 bits per heavy atom. The van der Waals surface area contributed by atoms with Crippen molar-refractivity contribution < 1.29 is 4.79 Å². The second-order valence-electron chi connectivity index (χ2n) is 9.33. The summed E-state index contributed by atoms with van der Waals surface area (Å²) in [6.07, 6.45) is 7.41. The zero-order valence-corrected chi connectivity index (χ0v) is 18.9. The van der Waals surface area contributed by atoms with Gasteiger partial charge in [0.25, 0.3) is 0 Å². The van der Waals surface area contributed by atoms with E-state index in [0.717, 1.165) is 64.1 Å². The molecule has 1 amide bonds. The molecule has 3 aliphatic rings. The second-order valence-corrected chi connectivity index (χ2v) is 9.33. The molecule has 166 valence electrons. The summed E-state index contributed by atoms with van der Waals surface area (Å²) in [5.74, 6) is 2.00. The number of carbonyl (C=O) groups is 1. The minimum atomic E-state index is 0.295. The molecular formula is C24H39N5O. The van der Waals surface area contributed by atoms with Crippen LogP contribution >= 0.6 is 0 Å². The van der Waals surface area contributed by atoms with Crippen LogP contribution in [0.5, 0.6) is 0 Å². The molecule has 30 heavy (non-hydrogen) atoms. The van der Waals surface area contributed by atoms with Gasteiger partial charge in [-0.1, -0.05) is 39.2 Å². The average molecular weight is 414 g/mol. The third-order valence-electron chi connectivity index (χ3n) is 7.47. The Morgan fingerprint density at radius 3 is 2.57 bits per heavy atom. The monoisotopic (exact) mass is 413 g/mol. The van der Waals surface area contributed by atoms with E-state index in [1.807, 2.05) is 0 Å². The zero-order chi connectivity index (χ0) is 20.9. The van der Waals surface area contributed by atoms with Gasteiger partial charge in [-0.15, -0.1) is 0 Å². The summed E-state index contributed by atoms with van der Waals surface area (Å²) in [7, 11) is 0. The smallest absolute Gasteiger partial charge is 0.236 e. The molecule has 0 bridgehead atoms. The molecule has 6 nitrogen and oxygen atoms in total. The van der Waals surface area contributed by atoms with Crippen molar-refractivity contribution in [1.29, 1.82) is 0 Å². The highest BCUT2D eigenvalue weighted by atomic mass is 16.2. The molecule has 6 heteroatoms. The largest absolute Gasteiger partial charge is 0.370 e. The first-order valence-corrected chi connectivity index (χ1v) is 12.1. The Kier molecular flexibility index (Phi) is 7.26. The third kappa shape index (κ3) is 5.14. The van der Waals surface area contributed by atoms with Gasteiger partial charge >= 0.3 is 0 Å². The fourth-order valence-corrected chi connectivity index (χ4v) is 4.91. The normalized spacial score (nSPS) is 20.8. The number of hydrogen-bond donors (Lipinski definition) is 1. The van der Waals surface area contributed by atoms with E-state index in [1.165, 1.54) is 43.4 Å². The van der Waals surface area contributed by atoms with Gasteiger partial charge < -0.3 is 10.2 Å². The molecule has 2 fully saturated rings. The lowest BCUT2D eigenvalue weighted by Crippen LogP contribution is -2.55. The van der Waals surface area contributed by atoms with Gasteiger partial charge in [-0.25, -0.2) is 4.98 Å². The van der Waals surface area contributed by atoms with Gasteiger partial charge in [-0.2, -0.15) is 0 Å². The van der Waals surface area contributed by atoms with Gasteiger partial charge in [0.15, 0.2) is 0 Å². The van der Waals surface area contributed by atoms with Crippen LogP contribution in [0, 0.1) is 5.92 Å². The number of fused-ring (bicyclic) bond motifs is 1. The molecule has 1 aromatic heterocycles. The summed E-state index contributed by atoms with van der Waals surface area (Å²) < 4.78 is 0. The maximum Gasteiger partial charge on any atom is 0.236 e. The molecule has 0 radical (unpaired) electrons. The van der Waals surface area contributed by atoms with E-state index in [-0.39, 0.29) is 0 Å². The predicted molar refractivity (Wildman–Crippen MR) is 122 cm³/mol. The van der Waals surface area contributed by atoms with Crippen molar-refractivity contribution in [3.8, 4) is 0 Å². The number of piperazine rings is 1. The Hall–Kier alpha value is -1.66. The molecule has 0 spiro atoms. The van der Waals surface area contributed by atoms with Crippen molar-refractivity contribution in [2.75, 3.05) is 51.1 Å². The minimum Gasteiger partial charge on any atom is -0.370 e. The van der Waals surface area contributed by atoms with Crippen LogP contribution in [0.15, 0.2) is 12.1 Å². The number of amides is 1. The van der Waals surface area contributed by atoms with Crippen LogP contribution in [0.3, 0.4) is 0 Å². The number of pyridine rings is 1. The number of nitrogens with zero attached hydrogens (tertiary/aromatic N) is 4. The van der Waals surface area contributed by atoms with Gasteiger partial charge in [0, 0.05) is 64.0 Å². The van der Waals surface area contributed by atoms with Crippen LogP contribution in [0.1, 0.15) is 57.2 Å². The second kappa shape index (κ2) is 10.1. The van der Waals surface area contributed by atoms with E-state index in [4.69, 9.17) is 4.98 Å². The molecule has 1 aromatic rings. The Labute approximate surface area is 182 Å². The third-order valence-corrected chi connectivity index (χ3v) is 7.47. The van der Waals surface area contributed by atoms with Crippen LogP contribution in [-0.4, -0.2) is 77.4 Å². The summed E-state index contributed by atoms with van der Waals surface area (Å²) >= 11 is 0. The van der Waals surface area contributed by atoms with E-state index in [2.05, 4.69) is 46.0 Å². The first-order valence-electron chi connectivity index (χ1n) is 12.1. The van der Waals surface area contributed by atoms with Gasteiger partial charge in [0.2, 0.25) is 5.91 Å². The molecule has 0 aromatic carbocycles. The van der Waals surface area contributed by atoms with E-state index in [9.17, 15) is 4.79 Å². The quantitative estimate of drug-likeness (QED) is 0.710. The summed E-state index contributed by atoms with van der Waals surface area (Å²) in [6, 6.07) is 5.10. The molecule has 4 rings (SSSR count). The van der Waals surface area contributed by atoms with E-state index in [0.29, 0.717) is 18.4 Å². The van der Waals surface area contributed by atoms with Crippen molar-refractivity contribution >= 4 is 11.7 Å². The van der Waals surface area contributed by atoms with Crippen LogP contribution in [0.25, 0.3) is 0 Å². The first-order chi connectivity index (χ1) is 14.7. The Bertz CT molecular complexity index is 708. The highest BCUT2D eigenvalue weighted by molar-refractivity contribution is 5.78. The number of hydrogen-bond acceptors (Lipinski definition) is 5. The molecule has 2 aliphatic heterocycles. The van der Waals surface area contributed by atoms with Crippen molar-refractivity contribution in [2.24, 2.45) is 5.92 Å². The molecule has 0 unspecified atom stereocenters. The van der Waals surface area contributed by atoms with Gasteiger partial charge in [0.1, 0.15) is 5.82 Å². The summed E-state index contributed by atoms with van der Waals surface area (Å²) in [5.41, 5.74) is 2.47. The zero-order valence-electron chi connectivity index (χ0n) is 18.9. The van der Waals surface area contributed by atoms with Crippen molar-refractivity contribution in [3.05, 3.63) is 23.4 Å². The molecule has 0 atom stereocenters. The van der Waals surface area contributed by atoms with E-state index < -0.39 is 0 Å². The van der Waals surface area contributed by atoms with Gasteiger partial charge in [0.05, 0.1) is 6.54 Å². The maximum absolute atomic E-state index is 12.8. The topological polar surface area (TPSA) is 51.7 Å². The lowest BCUT2D eigenvalue weighted by molar-refractivity contribution is -0.135. The molecule has 1 aliphatic carbocycles. The van der Waals surface area contributed by atoms with Crippen molar-refractivity contribution in [1.82, 2.24) is 19.7 Å².